The van der Waals surface area contributed by atoms with Gasteiger partial charge in [-0.05, 0) is 25.5 Å². The zero-order chi connectivity index (χ0) is 24.1. The Balaban J connectivity index is 1.53. The van der Waals surface area contributed by atoms with Crippen molar-refractivity contribution in [2.45, 2.75) is 58.0 Å². The Hall–Kier alpha value is -3.80. The van der Waals surface area contributed by atoms with E-state index in [1.165, 1.54) is 35.0 Å². The third kappa shape index (κ3) is 5.92. The highest BCUT2D eigenvalue weighted by atomic mass is 16.6. The normalized spacial score (nSPS) is 19.8. The Morgan fingerprint density at radius 3 is 2.52 bits per heavy atom. The lowest BCUT2D eigenvalue weighted by Crippen LogP contribution is -2.33. The van der Waals surface area contributed by atoms with Gasteiger partial charge in [-0.2, -0.15) is 0 Å². The van der Waals surface area contributed by atoms with Crippen molar-refractivity contribution >= 4 is 17.6 Å². The highest BCUT2D eigenvalue weighted by Gasteiger charge is 2.38. The minimum absolute atomic E-state index is 0.124. The number of nitrogens with zero attached hydrogens (tertiary/aromatic N) is 2. The summed E-state index contributed by atoms with van der Waals surface area (Å²) in [5, 5.41) is 10.7. The summed E-state index contributed by atoms with van der Waals surface area (Å²) in [5.41, 5.74) is -0.894. The molecule has 2 aromatic rings. The van der Waals surface area contributed by atoms with Crippen LogP contribution in [0.25, 0.3) is 0 Å². The molecule has 1 aromatic carbocycles. The van der Waals surface area contributed by atoms with Gasteiger partial charge >= 0.3 is 17.6 Å². The van der Waals surface area contributed by atoms with E-state index in [0.29, 0.717) is 12.0 Å². The van der Waals surface area contributed by atoms with Gasteiger partial charge in [-0.3, -0.25) is 34.0 Å². The van der Waals surface area contributed by atoms with Crippen LogP contribution in [0.1, 0.15) is 44.4 Å². The zero-order valence-corrected chi connectivity index (χ0v) is 18.0. The van der Waals surface area contributed by atoms with Gasteiger partial charge in [0.2, 0.25) is 0 Å². The van der Waals surface area contributed by atoms with Crippen LogP contribution in [-0.2, 0) is 19.1 Å². The Morgan fingerprint density at radius 2 is 1.88 bits per heavy atom. The maximum Gasteiger partial charge on any atom is 0.330 e. The highest BCUT2D eigenvalue weighted by molar-refractivity contribution is 5.79. The summed E-state index contributed by atoms with van der Waals surface area (Å²) in [6.07, 6.45) is -0.137. The van der Waals surface area contributed by atoms with E-state index in [1.54, 1.807) is 6.92 Å². The second-order valence-electron chi connectivity index (χ2n) is 7.51. The van der Waals surface area contributed by atoms with E-state index in [-0.39, 0.29) is 30.7 Å². The number of nitrogens with one attached hydrogen (secondary N) is 1. The Morgan fingerprint density at radius 1 is 1.21 bits per heavy atom. The van der Waals surface area contributed by atoms with Gasteiger partial charge in [0.1, 0.15) is 18.1 Å². The largest absolute Gasteiger partial charge is 0.459 e. The number of esters is 2. The number of benzene rings is 1. The first kappa shape index (κ1) is 23.9. The Kier molecular flexibility index (Phi) is 7.38. The third-order valence-corrected chi connectivity index (χ3v) is 5.13. The summed E-state index contributed by atoms with van der Waals surface area (Å²) in [6.45, 7) is 3.41. The molecule has 1 aliphatic rings. The standard InChI is InChI=1S/C21H23N3O9/c1-3-15-16(10-17(32-15)23-11-12(2)20(27)22-21(23)28)33-19(26)9-8-18(25)31-14-6-4-13(5-7-14)24(29)30/h4-7,11,15-17H,3,8-10H2,1-2H3,(H,22,27,28). The number of aromatic amines is 1. The van der Waals surface area contributed by atoms with Crippen molar-refractivity contribution in [3.8, 4) is 5.75 Å². The molecule has 3 atom stereocenters. The number of carbonyl (C=O) groups excluding carboxylic acids is 2. The van der Waals surface area contributed by atoms with Gasteiger partial charge in [-0.1, -0.05) is 6.92 Å². The number of hydrogen-bond acceptors (Lipinski definition) is 9. The summed E-state index contributed by atoms with van der Waals surface area (Å²) < 4.78 is 17.6. The van der Waals surface area contributed by atoms with Crippen molar-refractivity contribution in [3.63, 3.8) is 0 Å². The van der Waals surface area contributed by atoms with Crippen LogP contribution in [-0.4, -0.2) is 38.6 Å². The fraction of sp³-hybridized carbons (Fsp3) is 0.429. The molecule has 3 unspecified atom stereocenters. The zero-order valence-electron chi connectivity index (χ0n) is 18.0. The average Bonchev–Trinajstić information content (AvgIpc) is 3.17. The van der Waals surface area contributed by atoms with Crippen molar-refractivity contribution in [2.24, 2.45) is 0 Å². The van der Waals surface area contributed by atoms with E-state index in [1.807, 2.05) is 6.92 Å². The molecule has 0 aliphatic carbocycles. The van der Waals surface area contributed by atoms with Crippen LogP contribution in [0.5, 0.6) is 5.75 Å². The summed E-state index contributed by atoms with van der Waals surface area (Å²) in [5.74, 6) is -1.20. The molecule has 3 rings (SSSR count). The molecule has 1 aliphatic heterocycles. The molecule has 1 aromatic heterocycles. The minimum atomic E-state index is -0.706. The van der Waals surface area contributed by atoms with Gasteiger partial charge in [0.15, 0.2) is 0 Å². The molecular formula is C21H23N3O9. The lowest BCUT2D eigenvalue weighted by atomic mass is 10.1. The molecule has 0 bridgehead atoms. The molecule has 12 nitrogen and oxygen atoms in total. The summed E-state index contributed by atoms with van der Waals surface area (Å²) in [6, 6.07) is 4.98. The topological polar surface area (TPSA) is 160 Å². The number of aromatic nitrogens is 2. The Labute approximate surface area is 187 Å². The summed E-state index contributed by atoms with van der Waals surface area (Å²) >= 11 is 0. The molecule has 176 valence electrons. The van der Waals surface area contributed by atoms with Crippen molar-refractivity contribution < 1.29 is 28.7 Å². The van der Waals surface area contributed by atoms with Gasteiger partial charge in [0, 0.05) is 30.3 Å². The first-order valence-electron chi connectivity index (χ1n) is 10.3. The average molecular weight is 461 g/mol. The number of hydrogen-bond donors (Lipinski definition) is 1. The quantitative estimate of drug-likeness (QED) is 0.267. The van der Waals surface area contributed by atoms with Gasteiger partial charge in [0.05, 0.1) is 23.9 Å². The van der Waals surface area contributed by atoms with Crippen LogP contribution < -0.4 is 16.0 Å². The van der Waals surface area contributed by atoms with Gasteiger partial charge in [-0.15, -0.1) is 0 Å². The lowest BCUT2D eigenvalue weighted by Gasteiger charge is -2.17. The number of nitro benzene ring substituents is 1. The monoisotopic (exact) mass is 461 g/mol. The molecule has 0 amide bonds. The molecule has 0 spiro atoms. The molecule has 12 heteroatoms. The van der Waals surface area contributed by atoms with Crippen LogP contribution in [0.4, 0.5) is 5.69 Å². The van der Waals surface area contributed by atoms with E-state index < -0.39 is 46.5 Å². The van der Waals surface area contributed by atoms with Gasteiger partial charge in [-0.25, -0.2) is 4.79 Å². The van der Waals surface area contributed by atoms with E-state index in [0.717, 1.165) is 0 Å². The maximum atomic E-state index is 12.3. The first-order valence-corrected chi connectivity index (χ1v) is 10.3. The minimum Gasteiger partial charge on any atom is -0.459 e. The van der Waals surface area contributed by atoms with E-state index >= 15 is 0 Å². The fourth-order valence-electron chi connectivity index (χ4n) is 3.41. The van der Waals surface area contributed by atoms with E-state index in [4.69, 9.17) is 14.2 Å². The van der Waals surface area contributed by atoms with Crippen molar-refractivity contribution in [1.82, 2.24) is 9.55 Å². The number of carbonyl (C=O) groups is 2. The van der Waals surface area contributed by atoms with E-state index in [2.05, 4.69) is 4.98 Å². The first-order chi connectivity index (χ1) is 15.7. The third-order valence-electron chi connectivity index (χ3n) is 5.13. The molecule has 2 heterocycles. The molecule has 33 heavy (non-hydrogen) atoms. The molecule has 0 saturated carbocycles. The molecule has 1 N–H and O–H groups in total. The number of aryl methyl sites for hydroxylation is 1. The smallest absolute Gasteiger partial charge is 0.330 e. The van der Waals surface area contributed by atoms with Crippen LogP contribution >= 0.6 is 0 Å². The fourth-order valence-corrected chi connectivity index (χ4v) is 3.41. The van der Waals surface area contributed by atoms with Gasteiger partial charge in [0.25, 0.3) is 11.2 Å². The number of H-pyrrole nitrogens is 1. The van der Waals surface area contributed by atoms with E-state index in [9.17, 15) is 29.3 Å². The van der Waals surface area contributed by atoms with Crippen LogP contribution in [0.2, 0.25) is 0 Å². The van der Waals surface area contributed by atoms with Gasteiger partial charge < -0.3 is 14.2 Å². The predicted octanol–water partition coefficient (Wildman–Crippen LogP) is 1.75. The van der Waals surface area contributed by atoms with Crippen molar-refractivity contribution in [1.29, 1.82) is 0 Å². The number of nitro groups is 1. The predicted molar refractivity (Wildman–Crippen MR) is 113 cm³/mol. The number of ether oxygens (including phenoxy) is 3. The van der Waals surface area contributed by atoms with Crippen LogP contribution in [0.3, 0.4) is 0 Å². The number of non-ortho nitro benzene ring substituents is 1. The molecular weight excluding hydrogens is 438 g/mol. The molecule has 1 fully saturated rings. The molecule has 1 saturated heterocycles. The maximum absolute atomic E-state index is 12.3. The SMILES string of the molecule is CCC1OC(n2cc(C)c(=O)[nH]c2=O)CC1OC(=O)CCC(=O)Oc1ccc([N+](=O)[O-])cc1. The second kappa shape index (κ2) is 10.2. The number of rotatable bonds is 8. The van der Waals surface area contributed by atoms with Crippen molar-refractivity contribution in [2.75, 3.05) is 0 Å². The molecule has 0 radical (unpaired) electrons. The van der Waals surface area contributed by atoms with Crippen LogP contribution in [0, 0.1) is 17.0 Å². The summed E-state index contributed by atoms with van der Waals surface area (Å²) in [4.78, 5) is 60.2. The van der Waals surface area contributed by atoms with Crippen LogP contribution in [0.15, 0.2) is 40.1 Å². The Bertz CT molecular complexity index is 1150. The van der Waals surface area contributed by atoms with Crippen molar-refractivity contribution in [3.05, 3.63) is 67.0 Å². The second-order valence-corrected chi connectivity index (χ2v) is 7.51. The highest BCUT2D eigenvalue weighted by Crippen LogP contribution is 2.31. The summed E-state index contributed by atoms with van der Waals surface area (Å²) in [7, 11) is 0. The lowest BCUT2D eigenvalue weighted by molar-refractivity contribution is -0.384.